The summed E-state index contributed by atoms with van der Waals surface area (Å²) in [6.45, 7) is 6.54. The van der Waals surface area contributed by atoms with Crippen LogP contribution in [0.2, 0.25) is 0 Å². The number of benzene rings is 1. The standard InChI is InChI=1S/C13H18OS/c1-4-11-13(15-3,14-5-2)12-9-7-6-8-10-12/h4,6-10H,1,5,11H2,2-3H3. The predicted molar refractivity (Wildman–Crippen MR) is 68.1 cm³/mol. The normalized spacial score (nSPS) is 14.5. The second-order valence-electron chi connectivity index (χ2n) is 3.25. The lowest BCUT2D eigenvalue weighted by Crippen LogP contribution is -2.25. The first-order chi connectivity index (χ1) is 7.29. The third kappa shape index (κ3) is 2.86. The zero-order chi connectivity index (χ0) is 11.1. The Kier molecular flexibility index (Phi) is 4.92. The van der Waals surface area contributed by atoms with Crippen LogP contribution in [0, 0.1) is 0 Å². The molecule has 0 bridgehead atoms. The van der Waals surface area contributed by atoms with Gasteiger partial charge >= 0.3 is 0 Å². The molecule has 2 heteroatoms. The van der Waals surface area contributed by atoms with Crippen LogP contribution in [0.5, 0.6) is 0 Å². The summed E-state index contributed by atoms with van der Waals surface area (Å²) in [4.78, 5) is -0.266. The fourth-order valence-electron chi connectivity index (χ4n) is 1.64. The molecule has 0 radical (unpaired) electrons. The third-order valence-electron chi connectivity index (χ3n) is 2.33. The Labute approximate surface area is 96.5 Å². The number of hydrogen-bond donors (Lipinski definition) is 0. The monoisotopic (exact) mass is 222 g/mol. The fourth-order valence-corrected chi connectivity index (χ4v) is 2.53. The molecule has 0 saturated carbocycles. The molecule has 1 nitrogen and oxygen atoms in total. The molecule has 0 saturated heterocycles. The second kappa shape index (κ2) is 5.99. The minimum Gasteiger partial charge on any atom is -0.360 e. The Morgan fingerprint density at radius 2 is 2.07 bits per heavy atom. The molecular formula is C13H18OS. The van der Waals surface area contributed by atoms with E-state index >= 15 is 0 Å². The van der Waals surface area contributed by atoms with Crippen LogP contribution >= 0.6 is 11.8 Å². The van der Waals surface area contributed by atoms with Crippen molar-refractivity contribution >= 4 is 11.8 Å². The first-order valence-corrected chi connectivity index (χ1v) is 6.37. The Bertz CT molecular complexity index is 297. The maximum absolute atomic E-state index is 5.90. The van der Waals surface area contributed by atoms with E-state index in [2.05, 4.69) is 25.0 Å². The Balaban J connectivity index is 3.02. The van der Waals surface area contributed by atoms with Gasteiger partial charge in [0, 0.05) is 13.0 Å². The number of hydrogen-bond acceptors (Lipinski definition) is 2. The van der Waals surface area contributed by atoms with Gasteiger partial charge in [-0.25, -0.2) is 0 Å². The van der Waals surface area contributed by atoms with Gasteiger partial charge in [-0.1, -0.05) is 36.4 Å². The van der Waals surface area contributed by atoms with Crippen molar-refractivity contribution in [3.05, 3.63) is 48.6 Å². The summed E-state index contributed by atoms with van der Waals surface area (Å²) in [6, 6.07) is 10.3. The SMILES string of the molecule is C=CCC(OCC)(SC)c1ccccc1. The Morgan fingerprint density at radius 3 is 2.53 bits per heavy atom. The topological polar surface area (TPSA) is 9.23 Å². The number of rotatable bonds is 6. The summed E-state index contributed by atoms with van der Waals surface area (Å²) in [5.74, 6) is 0. The van der Waals surface area contributed by atoms with E-state index < -0.39 is 0 Å². The van der Waals surface area contributed by atoms with Crippen molar-refractivity contribution in [2.45, 2.75) is 18.3 Å². The molecular weight excluding hydrogens is 204 g/mol. The largest absolute Gasteiger partial charge is 0.360 e. The molecule has 1 aromatic rings. The highest BCUT2D eigenvalue weighted by atomic mass is 32.2. The maximum atomic E-state index is 5.90. The Morgan fingerprint density at radius 1 is 1.40 bits per heavy atom. The van der Waals surface area contributed by atoms with E-state index in [0.29, 0.717) is 6.61 Å². The van der Waals surface area contributed by atoms with E-state index in [-0.39, 0.29) is 4.93 Å². The van der Waals surface area contributed by atoms with Gasteiger partial charge in [-0.2, -0.15) is 0 Å². The van der Waals surface area contributed by atoms with E-state index in [1.54, 1.807) is 11.8 Å². The van der Waals surface area contributed by atoms with Gasteiger partial charge in [-0.15, -0.1) is 18.3 Å². The first kappa shape index (κ1) is 12.3. The molecule has 0 amide bonds. The Hall–Kier alpha value is -0.730. The smallest absolute Gasteiger partial charge is 0.142 e. The van der Waals surface area contributed by atoms with Crippen molar-refractivity contribution in [3.8, 4) is 0 Å². The van der Waals surface area contributed by atoms with Crippen molar-refractivity contribution in [1.82, 2.24) is 0 Å². The van der Waals surface area contributed by atoms with Gasteiger partial charge in [0.2, 0.25) is 0 Å². The third-order valence-corrected chi connectivity index (χ3v) is 3.51. The molecule has 0 N–H and O–H groups in total. The van der Waals surface area contributed by atoms with Gasteiger partial charge in [0.15, 0.2) is 0 Å². The van der Waals surface area contributed by atoms with Gasteiger partial charge < -0.3 is 4.74 Å². The van der Waals surface area contributed by atoms with E-state index in [1.165, 1.54) is 5.56 Å². The quantitative estimate of drug-likeness (QED) is 0.534. The van der Waals surface area contributed by atoms with Gasteiger partial charge in [0.25, 0.3) is 0 Å². The first-order valence-electron chi connectivity index (χ1n) is 5.14. The highest BCUT2D eigenvalue weighted by Crippen LogP contribution is 2.39. The minimum absolute atomic E-state index is 0.266. The number of ether oxygens (including phenoxy) is 1. The second-order valence-corrected chi connectivity index (χ2v) is 4.32. The van der Waals surface area contributed by atoms with Crippen LogP contribution in [0.4, 0.5) is 0 Å². The van der Waals surface area contributed by atoms with Crippen LogP contribution in [0.25, 0.3) is 0 Å². The molecule has 1 atom stereocenters. The van der Waals surface area contributed by atoms with Crippen LogP contribution in [0.3, 0.4) is 0 Å². The molecule has 1 rings (SSSR count). The lowest BCUT2D eigenvalue weighted by Gasteiger charge is -2.31. The van der Waals surface area contributed by atoms with E-state index in [4.69, 9.17) is 4.74 Å². The summed E-state index contributed by atoms with van der Waals surface area (Å²) in [5.41, 5.74) is 1.21. The highest BCUT2D eigenvalue weighted by molar-refractivity contribution is 7.99. The zero-order valence-corrected chi connectivity index (χ0v) is 10.2. The predicted octanol–water partition coefficient (Wildman–Crippen LogP) is 3.82. The van der Waals surface area contributed by atoms with Gasteiger partial charge in [-0.3, -0.25) is 0 Å². The van der Waals surface area contributed by atoms with Crippen LogP contribution in [0.15, 0.2) is 43.0 Å². The maximum Gasteiger partial charge on any atom is 0.142 e. The molecule has 0 fully saturated rings. The summed E-state index contributed by atoms with van der Waals surface area (Å²) >= 11 is 1.73. The molecule has 0 aromatic heterocycles. The minimum atomic E-state index is -0.266. The van der Waals surface area contributed by atoms with Crippen molar-refractivity contribution in [2.24, 2.45) is 0 Å². The van der Waals surface area contributed by atoms with Crippen molar-refractivity contribution in [1.29, 1.82) is 0 Å². The average molecular weight is 222 g/mol. The fraction of sp³-hybridized carbons (Fsp3) is 0.385. The van der Waals surface area contributed by atoms with E-state index in [0.717, 1.165) is 6.42 Å². The van der Waals surface area contributed by atoms with Crippen LogP contribution in [0.1, 0.15) is 18.9 Å². The van der Waals surface area contributed by atoms with Crippen molar-refractivity contribution < 1.29 is 4.74 Å². The molecule has 0 spiro atoms. The number of thioether (sulfide) groups is 1. The van der Waals surface area contributed by atoms with Crippen molar-refractivity contribution in [3.63, 3.8) is 0 Å². The molecule has 1 aromatic carbocycles. The summed E-state index contributed by atoms with van der Waals surface area (Å²) in [5, 5.41) is 0. The lowest BCUT2D eigenvalue weighted by molar-refractivity contribution is 0.0343. The average Bonchev–Trinajstić information content (AvgIpc) is 2.30. The molecule has 82 valence electrons. The summed E-state index contributed by atoms with van der Waals surface area (Å²) < 4.78 is 5.90. The van der Waals surface area contributed by atoms with E-state index in [1.807, 2.05) is 31.2 Å². The summed E-state index contributed by atoms with van der Waals surface area (Å²) in [6.07, 6.45) is 4.82. The molecule has 0 heterocycles. The molecule has 0 aliphatic heterocycles. The van der Waals surface area contributed by atoms with Crippen LogP contribution < -0.4 is 0 Å². The highest BCUT2D eigenvalue weighted by Gasteiger charge is 2.30. The van der Waals surface area contributed by atoms with Crippen LogP contribution in [-0.2, 0) is 9.67 Å². The van der Waals surface area contributed by atoms with Gasteiger partial charge in [0.1, 0.15) is 4.93 Å². The molecule has 0 aliphatic carbocycles. The molecule has 0 aliphatic rings. The van der Waals surface area contributed by atoms with Gasteiger partial charge in [-0.05, 0) is 18.7 Å². The van der Waals surface area contributed by atoms with Crippen molar-refractivity contribution in [2.75, 3.05) is 12.9 Å². The molecule has 15 heavy (non-hydrogen) atoms. The van der Waals surface area contributed by atoms with Crippen LogP contribution in [-0.4, -0.2) is 12.9 Å². The summed E-state index contributed by atoms with van der Waals surface area (Å²) in [7, 11) is 0. The zero-order valence-electron chi connectivity index (χ0n) is 9.40. The molecule has 1 unspecified atom stereocenters. The van der Waals surface area contributed by atoms with E-state index in [9.17, 15) is 0 Å². The van der Waals surface area contributed by atoms with Gasteiger partial charge in [0.05, 0.1) is 0 Å². The lowest BCUT2D eigenvalue weighted by atomic mass is 10.1.